The van der Waals surface area contributed by atoms with Gasteiger partial charge in [0.1, 0.15) is 18.1 Å². The van der Waals surface area contributed by atoms with Gasteiger partial charge in [0.25, 0.3) is 0 Å². The molecule has 8 heteroatoms. The molecule has 3 rings (SSSR count). The maximum atomic E-state index is 13.3. The van der Waals surface area contributed by atoms with Gasteiger partial charge in [-0.3, -0.25) is 14.6 Å². The van der Waals surface area contributed by atoms with Crippen LogP contribution >= 0.6 is 0 Å². The molecule has 2 aromatic carbocycles. The molecule has 0 N–H and O–H groups in total. The van der Waals surface area contributed by atoms with Crippen molar-refractivity contribution in [2.45, 2.75) is 13.8 Å². The quantitative estimate of drug-likeness (QED) is 0.370. The zero-order valence-electron chi connectivity index (χ0n) is 18.3. The van der Waals surface area contributed by atoms with Gasteiger partial charge in [0.15, 0.2) is 17.3 Å². The third kappa shape index (κ3) is 4.69. The van der Waals surface area contributed by atoms with Gasteiger partial charge in [-0.05, 0) is 38.1 Å². The molecule has 0 saturated heterocycles. The van der Waals surface area contributed by atoms with Crippen LogP contribution in [-0.2, 0) is 9.53 Å². The molecule has 0 radical (unpaired) electrons. The molecular weight excluding hydrogens is 414 g/mol. The number of carbonyl (C=O) groups is 3. The van der Waals surface area contributed by atoms with Crippen LogP contribution < -0.4 is 14.2 Å². The van der Waals surface area contributed by atoms with Gasteiger partial charge in [0, 0.05) is 22.5 Å². The summed E-state index contributed by atoms with van der Waals surface area (Å²) >= 11 is 0. The average molecular weight is 437 g/mol. The van der Waals surface area contributed by atoms with E-state index in [4.69, 9.17) is 18.9 Å². The second-order valence-corrected chi connectivity index (χ2v) is 6.84. The van der Waals surface area contributed by atoms with E-state index in [0.717, 1.165) is 0 Å². The van der Waals surface area contributed by atoms with Crippen LogP contribution in [-0.4, -0.2) is 50.0 Å². The van der Waals surface area contributed by atoms with Crippen molar-refractivity contribution in [2.75, 3.05) is 27.4 Å². The number of rotatable bonds is 9. The molecule has 0 unspecified atom stereocenters. The fourth-order valence-electron chi connectivity index (χ4n) is 3.17. The molecule has 1 aromatic heterocycles. The molecular formula is C24H23NO7. The van der Waals surface area contributed by atoms with Crippen molar-refractivity contribution >= 4 is 28.3 Å². The molecule has 0 saturated carbocycles. The van der Waals surface area contributed by atoms with Crippen molar-refractivity contribution in [2.24, 2.45) is 0 Å². The number of Topliss-reactive ketones (excluding diaryl/α,β-unsaturated/α-hetero) is 1. The standard InChI is InChI=1S/C24H23NO7/c1-5-31-24(28)19-12-25-22(18-11-21(30-4)20(29-3)10-17(18)19)23(27)15-7-6-8-16(9-15)32-13-14(2)26/h6-12H,5,13H2,1-4H3. The van der Waals surface area contributed by atoms with Crippen molar-refractivity contribution in [1.29, 1.82) is 0 Å². The Bertz CT molecular complexity index is 1190. The molecule has 1 heterocycles. The lowest BCUT2D eigenvalue weighted by molar-refractivity contribution is -0.118. The molecule has 32 heavy (non-hydrogen) atoms. The van der Waals surface area contributed by atoms with E-state index < -0.39 is 5.97 Å². The summed E-state index contributed by atoms with van der Waals surface area (Å²) in [6.07, 6.45) is 1.32. The van der Waals surface area contributed by atoms with E-state index in [1.807, 2.05) is 0 Å². The number of hydrogen-bond acceptors (Lipinski definition) is 8. The van der Waals surface area contributed by atoms with E-state index in [9.17, 15) is 14.4 Å². The summed E-state index contributed by atoms with van der Waals surface area (Å²) in [5.41, 5.74) is 0.647. The summed E-state index contributed by atoms with van der Waals surface area (Å²) < 4.78 is 21.3. The number of carbonyl (C=O) groups excluding carboxylic acids is 3. The maximum absolute atomic E-state index is 13.3. The Morgan fingerprint density at radius 1 is 0.969 bits per heavy atom. The molecule has 3 aromatic rings. The Morgan fingerprint density at radius 2 is 1.66 bits per heavy atom. The molecule has 0 atom stereocenters. The summed E-state index contributed by atoms with van der Waals surface area (Å²) in [5.74, 6) is 0.0923. The highest BCUT2D eigenvalue weighted by Crippen LogP contribution is 2.35. The fraction of sp³-hybridized carbons (Fsp3) is 0.250. The van der Waals surface area contributed by atoms with Crippen LogP contribution in [0.4, 0.5) is 0 Å². The zero-order valence-corrected chi connectivity index (χ0v) is 18.3. The van der Waals surface area contributed by atoms with Crippen LogP contribution in [0.15, 0.2) is 42.6 Å². The number of ether oxygens (including phenoxy) is 4. The summed E-state index contributed by atoms with van der Waals surface area (Å²) in [6.45, 7) is 3.22. The maximum Gasteiger partial charge on any atom is 0.340 e. The first-order chi connectivity index (χ1) is 15.4. The summed E-state index contributed by atoms with van der Waals surface area (Å²) in [4.78, 5) is 41.3. The highest BCUT2D eigenvalue weighted by atomic mass is 16.5. The van der Waals surface area contributed by atoms with Crippen molar-refractivity contribution in [3.05, 3.63) is 59.4 Å². The molecule has 0 aliphatic carbocycles. The lowest BCUT2D eigenvalue weighted by Gasteiger charge is -2.14. The SMILES string of the molecule is CCOC(=O)c1cnc(C(=O)c2cccc(OCC(C)=O)c2)c2cc(OC)c(OC)cc12. The van der Waals surface area contributed by atoms with Crippen molar-refractivity contribution < 1.29 is 33.3 Å². The molecule has 0 bridgehead atoms. The molecule has 0 aliphatic heterocycles. The second kappa shape index (κ2) is 9.91. The van der Waals surface area contributed by atoms with E-state index in [0.29, 0.717) is 33.6 Å². The van der Waals surface area contributed by atoms with Crippen LogP contribution in [0.3, 0.4) is 0 Å². The predicted molar refractivity (Wildman–Crippen MR) is 117 cm³/mol. The topological polar surface area (TPSA) is 101 Å². The predicted octanol–water partition coefficient (Wildman–Crippen LogP) is 3.63. The van der Waals surface area contributed by atoms with E-state index in [2.05, 4.69) is 4.98 Å². The molecule has 0 fully saturated rings. The molecule has 166 valence electrons. The Hall–Kier alpha value is -3.94. The van der Waals surface area contributed by atoms with Gasteiger partial charge in [-0.2, -0.15) is 0 Å². The Balaban J connectivity index is 2.15. The van der Waals surface area contributed by atoms with E-state index in [1.54, 1.807) is 43.3 Å². The third-order valence-electron chi connectivity index (χ3n) is 4.64. The Labute approximate surface area is 185 Å². The van der Waals surface area contributed by atoms with Gasteiger partial charge >= 0.3 is 5.97 Å². The van der Waals surface area contributed by atoms with Crippen LogP contribution in [0.2, 0.25) is 0 Å². The Morgan fingerprint density at radius 3 is 2.28 bits per heavy atom. The minimum Gasteiger partial charge on any atom is -0.493 e. The second-order valence-electron chi connectivity index (χ2n) is 6.84. The number of fused-ring (bicyclic) bond motifs is 1. The number of benzene rings is 2. The highest BCUT2D eigenvalue weighted by Gasteiger charge is 2.22. The number of pyridine rings is 1. The Kier molecular flexibility index (Phi) is 7.04. The molecule has 0 amide bonds. The van der Waals surface area contributed by atoms with Crippen molar-refractivity contribution in [3.8, 4) is 17.2 Å². The lowest BCUT2D eigenvalue weighted by Crippen LogP contribution is -2.11. The fourth-order valence-corrected chi connectivity index (χ4v) is 3.17. The number of ketones is 2. The average Bonchev–Trinajstić information content (AvgIpc) is 2.80. The number of nitrogens with zero attached hydrogens (tertiary/aromatic N) is 1. The third-order valence-corrected chi connectivity index (χ3v) is 4.64. The molecule has 0 aliphatic rings. The first kappa shape index (κ1) is 22.7. The van der Waals surface area contributed by atoms with Crippen LogP contribution in [0.25, 0.3) is 10.8 Å². The van der Waals surface area contributed by atoms with Crippen molar-refractivity contribution in [1.82, 2.24) is 4.98 Å². The minimum absolute atomic E-state index is 0.0932. The minimum atomic E-state index is -0.559. The normalized spacial score (nSPS) is 10.5. The van der Waals surface area contributed by atoms with Crippen molar-refractivity contribution in [3.63, 3.8) is 0 Å². The van der Waals surface area contributed by atoms with E-state index in [-0.39, 0.29) is 36.0 Å². The largest absolute Gasteiger partial charge is 0.493 e. The number of methoxy groups -OCH3 is 2. The smallest absolute Gasteiger partial charge is 0.340 e. The number of aromatic nitrogens is 1. The summed E-state index contributed by atoms with van der Waals surface area (Å²) in [5, 5.41) is 0.858. The van der Waals surface area contributed by atoms with E-state index >= 15 is 0 Å². The van der Waals surface area contributed by atoms with Gasteiger partial charge in [-0.15, -0.1) is 0 Å². The van der Waals surface area contributed by atoms with Gasteiger partial charge in [0.05, 0.1) is 26.4 Å². The zero-order chi connectivity index (χ0) is 23.3. The summed E-state index contributed by atoms with van der Waals surface area (Å²) in [7, 11) is 2.96. The van der Waals surface area contributed by atoms with Crippen LogP contribution in [0, 0.1) is 0 Å². The van der Waals surface area contributed by atoms with Gasteiger partial charge < -0.3 is 18.9 Å². The number of hydrogen-bond donors (Lipinski definition) is 0. The van der Waals surface area contributed by atoms with Gasteiger partial charge in [-0.25, -0.2) is 4.79 Å². The first-order valence-electron chi connectivity index (χ1n) is 9.88. The highest BCUT2D eigenvalue weighted by molar-refractivity contribution is 6.18. The van der Waals surface area contributed by atoms with Crippen LogP contribution in [0.1, 0.15) is 40.3 Å². The lowest BCUT2D eigenvalue weighted by atomic mass is 9.99. The first-order valence-corrected chi connectivity index (χ1v) is 9.88. The molecule has 8 nitrogen and oxygen atoms in total. The van der Waals surface area contributed by atoms with Gasteiger partial charge in [0.2, 0.25) is 5.78 Å². The summed E-state index contributed by atoms with van der Waals surface area (Å²) in [6, 6.07) is 9.69. The van der Waals surface area contributed by atoms with Gasteiger partial charge in [-0.1, -0.05) is 12.1 Å². The number of esters is 1. The van der Waals surface area contributed by atoms with E-state index in [1.165, 1.54) is 27.3 Å². The molecule has 0 spiro atoms. The monoisotopic (exact) mass is 437 g/mol. The van der Waals surface area contributed by atoms with Crippen LogP contribution in [0.5, 0.6) is 17.2 Å².